The third-order valence-corrected chi connectivity index (χ3v) is 5.44. The number of esters is 1. The molecule has 2 aromatic rings. The highest BCUT2D eigenvalue weighted by Crippen LogP contribution is 2.44. The molecule has 3 rings (SSSR count). The number of amides is 2. The summed E-state index contributed by atoms with van der Waals surface area (Å²) in [6, 6.07) is 7.91. The van der Waals surface area contributed by atoms with Crippen LogP contribution in [0.3, 0.4) is 0 Å². The first-order valence-corrected chi connectivity index (χ1v) is 10.1. The third kappa shape index (κ3) is 5.15. The van der Waals surface area contributed by atoms with E-state index in [-0.39, 0.29) is 39.1 Å². The van der Waals surface area contributed by atoms with Gasteiger partial charge in [-0.1, -0.05) is 23.4 Å². The van der Waals surface area contributed by atoms with Crippen LogP contribution in [0.5, 0.6) is 11.5 Å². The number of carbonyl (C=O) groups is 3. The maximum absolute atomic E-state index is 13.1. The zero-order chi connectivity index (χ0) is 22.7. The van der Waals surface area contributed by atoms with Crippen molar-refractivity contribution in [3.8, 4) is 11.5 Å². The third-order valence-electron chi connectivity index (χ3n) is 4.06. The quantitative estimate of drug-likeness (QED) is 0.546. The number of nitrogens with one attached hydrogen (secondary N) is 1. The van der Waals surface area contributed by atoms with Crippen molar-refractivity contribution in [2.45, 2.75) is 19.2 Å². The molecule has 2 amide bonds. The number of hydrazone groups is 1. The summed E-state index contributed by atoms with van der Waals surface area (Å²) >= 11 is 7.50. The first-order valence-electron chi connectivity index (χ1n) is 8.87. The van der Waals surface area contributed by atoms with Crippen molar-refractivity contribution >= 4 is 46.3 Å². The number of hydrogen-bond donors (Lipinski definition) is 1. The summed E-state index contributed by atoms with van der Waals surface area (Å²) in [6.45, 7) is 2.67. The lowest BCUT2D eigenvalue weighted by Crippen LogP contribution is -2.25. The minimum atomic E-state index is -0.746. The van der Waals surface area contributed by atoms with Crippen LogP contribution in [0.2, 0.25) is 5.02 Å². The lowest BCUT2D eigenvalue weighted by atomic mass is 10.2. The van der Waals surface area contributed by atoms with Crippen molar-refractivity contribution in [3.63, 3.8) is 0 Å². The standard InChI is InChI=1S/C20H17ClFN3O5S/c1-10(26)23-20-24-25(11(2)27)18(31-20)13-8-15(21)17(16(9-13)29-3)30-19(28)12-4-6-14(22)7-5-12/h4-9,18H,1-3H3,(H,23,24,26)/t18-/m1/s1. The fourth-order valence-corrected chi connectivity index (χ4v) is 4.07. The first kappa shape index (κ1) is 22.6. The Kier molecular flexibility index (Phi) is 6.81. The van der Waals surface area contributed by atoms with Crippen LogP contribution in [0, 0.1) is 5.82 Å². The fourth-order valence-electron chi connectivity index (χ4n) is 2.70. The number of hydrogen-bond acceptors (Lipinski definition) is 7. The van der Waals surface area contributed by atoms with E-state index in [4.69, 9.17) is 21.1 Å². The van der Waals surface area contributed by atoms with Gasteiger partial charge in [-0.2, -0.15) is 0 Å². The van der Waals surface area contributed by atoms with Crippen LogP contribution in [0.25, 0.3) is 0 Å². The summed E-state index contributed by atoms with van der Waals surface area (Å²) in [5, 5.41) is 7.57. The molecule has 1 aliphatic heterocycles. The van der Waals surface area contributed by atoms with E-state index < -0.39 is 17.2 Å². The Morgan fingerprint density at radius 1 is 1.19 bits per heavy atom. The SMILES string of the molecule is COc1cc([C@H]2SC(NC(C)=O)=NN2C(C)=O)cc(Cl)c1OC(=O)c1ccc(F)cc1. The second-order valence-electron chi connectivity index (χ2n) is 6.35. The summed E-state index contributed by atoms with van der Waals surface area (Å²) in [7, 11) is 1.37. The Labute approximate surface area is 186 Å². The molecular formula is C20H17ClFN3O5S. The Morgan fingerprint density at radius 3 is 2.45 bits per heavy atom. The van der Waals surface area contributed by atoms with E-state index in [1.807, 2.05) is 0 Å². The molecule has 8 nitrogen and oxygen atoms in total. The van der Waals surface area contributed by atoms with Crippen molar-refractivity contribution in [2.75, 3.05) is 7.11 Å². The van der Waals surface area contributed by atoms with Crippen molar-refractivity contribution in [3.05, 3.63) is 58.4 Å². The number of methoxy groups -OCH3 is 1. The zero-order valence-corrected chi connectivity index (χ0v) is 18.2. The van der Waals surface area contributed by atoms with Crippen LogP contribution in [0.1, 0.15) is 35.1 Å². The minimum absolute atomic E-state index is 0.0254. The van der Waals surface area contributed by atoms with E-state index in [9.17, 15) is 18.8 Å². The molecular weight excluding hydrogens is 449 g/mol. The van der Waals surface area contributed by atoms with E-state index in [1.54, 1.807) is 6.07 Å². The van der Waals surface area contributed by atoms with Gasteiger partial charge in [-0.3, -0.25) is 9.59 Å². The van der Waals surface area contributed by atoms with Crippen LogP contribution in [-0.4, -0.2) is 35.1 Å². The molecule has 0 saturated carbocycles. The lowest BCUT2D eigenvalue weighted by molar-refractivity contribution is -0.129. The van der Waals surface area contributed by atoms with E-state index in [0.717, 1.165) is 23.9 Å². The molecule has 162 valence electrons. The van der Waals surface area contributed by atoms with Gasteiger partial charge in [0.15, 0.2) is 16.7 Å². The smallest absolute Gasteiger partial charge is 0.343 e. The van der Waals surface area contributed by atoms with Gasteiger partial charge in [-0.25, -0.2) is 14.2 Å². The number of nitrogens with zero attached hydrogens (tertiary/aromatic N) is 2. The number of thioether (sulfide) groups is 1. The number of benzene rings is 2. The molecule has 0 fully saturated rings. The molecule has 0 aliphatic carbocycles. The number of carbonyl (C=O) groups excluding carboxylic acids is 3. The molecule has 1 atom stereocenters. The molecule has 0 aromatic heterocycles. The highest BCUT2D eigenvalue weighted by atomic mass is 35.5. The Hall–Kier alpha value is -3.11. The van der Waals surface area contributed by atoms with Gasteiger partial charge in [-0.15, -0.1) is 5.10 Å². The summed E-state index contributed by atoms with van der Waals surface area (Å²) < 4.78 is 23.8. The van der Waals surface area contributed by atoms with Crippen molar-refractivity contribution < 1.29 is 28.2 Å². The topological polar surface area (TPSA) is 97.3 Å². The molecule has 1 aliphatic rings. The monoisotopic (exact) mass is 465 g/mol. The molecule has 11 heteroatoms. The second kappa shape index (κ2) is 9.36. The maximum atomic E-state index is 13.1. The highest BCUT2D eigenvalue weighted by molar-refractivity contribution is 8.14. The maximum Gasteiger partial charge on any atom is 0.343 e. The van der Waals surface area contributed by atoms with Crippen LogP contribution in [0.15, 0.2) is 41.5 Å². The zero-order valence-electron chi connectivity index (χ0n) is 16.6. The van der Waals surface area contributed by atoms with Gasteiger partial charge in [0.2, 0.25) is 11.8 Å². The average Bonchev–Trinajstić information content (AvgIpc) is 3.13. The van der Waals surface area contributed by atoms with Gasteiger partial charge in [-0.05, 0) is 42.0 Å². The minimum Gasteiger partial charge on any atom is -0.493 e. The molecule has 0 bridgehead atoms. The lowest BCUT2D eigenvalue weighted by Gasteiger charge is -2.21. The van der Waals surface area contributed by atoms with Crippen LogP contribution >= 0.6 is 23.4 Å². The molecule has 1 heterocycles. The van der Waals surface area contributed by atoms with E-state index in [2.05, 4.69) is 10.4 Å². The van der Waals surface area contributed by atoms with E-state index >= 15 is 0 Å². The van der Waals surface area contributed by atoms with Crippen LogP contribution < -0.4 is 14.8 Å². The Bertz CT molecular complexity index is 1080. The molecule has 0 radical (unpaired) electrons. The molecule has 0 unspecified atom stereocenters. The number of amidine groups is 1. The van der Waals surface area contributed by atoms with Crippen LogP contribution in [-0.2, 0) is 9.59 Å². The summed E-state index contributed by atoms with van der Waals surface area (Å²) in [5.74, 6) is -1.78. The molecule has 0 spiro atoms. The molecule has 31 heavy (non-hydrogen) atoms. The predicted molar refractivity (Wildman–Crippen MR) is 113 cm³/mol. The van der Waals surface area contributed by atoms with Gasteiger partial charge in [0.1, 0.15) is 11.2 Å². The van der Waals surface area contributed by atoms with E-state index in [1.165, 1.54) is 44.2 Å². The highest BCUT2D eigenvalue weighted by Gasteiger charge is 2.33. The number of rotatable bonds is 4. The number of halogens is 2. The first-order chi connectivity index (χ1) is 14.7. The molecule has 2 aromatic carbocycles. The summed E-state index contributed by atoms with van der Waals surface area (Å²) in [5.41, 5.74) is 0.666. The fraction of sp³-hybridized carbons (Fsp3) is 0.200. The molecule has 1 N–H and O–H groups in total. The van der Waals surface area contributed by atoms with Gasteiger partial charge < -0.3 is 14.8 Å². The Balaban J connectivity index is 1.90. The van der Waals surface area contributed by atoms with Crippen LogP contribution in [0.4, 0.5) is 4.39 Å². The van der Waals surface area contributed by atoms with Gasteiger partial charge in [0, 0.05) is 13.8 Å². The van der Waals surface area contributed by atoms with Crippen molar-refractivity contribution in [1.29, 1.82) is 0 Å². The largest absolute Gasteiger partial charge is 0.493 e. The van der Waals surface area contributed by atoms with Gasteiger partial charge in [0.05, 0.1) is 17.7 Å². The molecule has 0 saturated heterocycles. The van der Waals surface area contributed by atoms with Gasteiger partial charge >= 0.3 is 5.97 Å². The normalized spacial score (nSPS) is 15.3. The Morgan fingerprint density at radius 2 is 1.87 bits per heavy atom. The number of ether oxygens (including phenoxy) is 2. The van der Waals surface area contributed by atoms with Crippen molar-refractivity contribution in [2.24, 2.45) is 5.10 Å². The van der Waals surface area contributed by atoms with Gasteiger partial charge in [0.25, 0.3) is 0 Å². The summed E-state index contributed by atoms with van der Waals surface area (Å²) in [6.07, 6.45) is 0. The van der Waals surface area contributed by atoms with E-state index in [0.29, 0.717) is 5.56 Å². The van der Waals surface area contributed by atoms with Crippen molar-refractivity contribution in [1.82, 2.24) is 10.3 Å². The average molecular weight is 466 g/mol. The second-order valence-corrected chi connectivity index (χ2v) is 7.83. The summed E-state index contributed by atoms with van der Waals surface area (Å²) in [4.78, 5) is 35.8. The predicted octanol–water partition coefficient (Wildman–Crippen LogP) is 3.71.